The second-order valence-corrected chi connectivity index (χ2v) is 5.34. The van der Waals surface area contributed by atoms with E-state index in [1.54, 1.807) is 7.11 Å². The molecule has 1 aliphatic rings. The van der Waals surface area contributed by atoms with Crippen molar-refractivity contribution in [3.63, 3.8) is 0 Å². The third-order valence-corrected chi connectivity index (χ3v) is 4.91. The summed E-state index contributed by atoms with van der Waals surface area (Å²) < 4.78 is 5.36. The molecule has 0 spiro atoms. The van der Waals surface area contributed by atoms with Crippen LogP contribution in [0.15, 0.2) is 30.3 Å². The molecular weight excluding hydrogens is 252 g/mol. The number of hydrogen-bond donors (Lipinski definition) is 0. The molecule has 0 aliphatic heterocycles. The highest BCUT2D eigenvalue weighted by Crippen LogP contribution is 2.54. The Balaban J connectivity index is 2.15. The van der Waals surface area contributed by atoms with Crippen molar-refractivity contribution in [3.8, 4) is 0 Å². The summed E-state index contributed by atoms with van der Waals surface area (Å²) in [5.41, 5.74) is 1.70. The van der Waals surface area contributed by atoms with Crippen LogP contribution in [0.5, 0.6) is 0 Å². The Hall–Kier alpha value is -0.340. The largest absolute Gasteiger partial charge is 0.384 e. The van der Waals surface area contributed by atoms with Gasteiger partial charge in [-0.1, -0.05) is 52.7 Å². The molecule has 1 atom stereocenters. The Morgan fingerprint density at radius 3 is 2.47 bits per heavy atom. The number of hydrogen-bond acceptors (Lipinski definition) is 1. The maximum absolute atomic E-state index is 5.36. The van der Waals surface area contributed by atoms with E-state index in [0.29, 0.717) is 10.2 Å². The summed E-state index contributed by atoms with van der Waals surface area (Å²) in [5.74, 6) is 0. The summed E-state index contributed by atoms with van der Waals surface area (Å²) in [6.07, 6.45) is 3.87. The molecule has 1 fully saturated rings. The minimum atomic E-state index is 0.329. The topological polar surface area (TPSA) is 9.23 Å². The highest BCUT2D eigenvalue weighted by Gasteiger charge is 2.43. The van der Waals surface area contributed by atoms with Gasteiger partial charge in [-0.05, 0) is 18.4 Å². The van der Waals surface area contributed by atoms with Gasteiger partial charge in [-0.15, -0.1) is 0 Å². The van der Waals surface area contributed by atoms with Crippen LogP contribution in [0.4, 0.5) is 0 Å². The van der Waals surface area contributed by atoms with Crippen LogP contribution in [0.25, 0.3) is 0 Å². The minimum absolute atomic E-state index is 0.329. The average molecular weight is 269 g/mol. The van der Waals surface area contributed by atoms with Gasteiger partial charge in [-0.25, -0.2) is 0 Å². The first kappa shape index (κ1) is 11.2. The molecule has 0 radical (unpaired) electrons. The Kier molecular flexibility index (Phi) is 3.47. The molecule has 82 valence electrons. The van der Waals surface area contributed by atoms with Gasteiger partial charge in [0.1, 0.15) is 0 Å². The molecule has 2 rings (SSSR count). The minimum Gasteiger partial charge on any atom is -0.384 e. The zero-order chi connectivity index (χ0) is 10.7. The fraction of sp³-hybridized carbons (Fsp3) is 0.538. The number of halogens is 1. The van der Waals surface area contributed by atoms with Gasteiger partial charge < -0.3 is 4.74 Å². The second kappa shape index (κ2) is 4.67. The second-order valence-electron chi connectivity index (χ2n) is 4.42. The summed E-state index contributed by atoms with van der Waals surface area (Å²) in [7, 11) is 1.80. The van der Waals surface area contributed by atoms with Crippen molar-refractivity contribution >= 4 is 15.9 Å². The molecule has 0 amide bonds. The van der Waals surface area contributed by atoms with Gasteiger partial charge in [0, 0.05) is 17.4 Å². The van der Waals surface area contributed by atoms with Crippen LogP contribution in [0.3, 0.4) is 0 Å². The lowest BCUT2D eigenvalue weighted by Gasteiger charge is -2.45. The first-order valence-corrected chi connectivity index (χ1v) is 6.38. The maximum Gasteiger partial charge on any atom is 0.0532 e. The van der Waals surface area contributed by atoms with Crippen molar-refractivity contribution < 1.29 is 4.74 Å². The van der Waals surface area contributed by atoms with E-state index in [2.05, 4.69) is 46.3 Å². The summed E-state index contributed by atoms with van der Waals surface area (Å²) in [4.78, 5) is 0.430. The van der Waals surface area contributed by atoms with E-state index in [4.69, 9.17) is 4.74 Å². The molecule has 0 bridgehead atoms. The highest BCUT2D eigenvalue weighted by atomic mass is 79.9. The third-order valence-electron chi connectivity index (χ3n) is 3.41. The molecular formula is C13H17BrO. The van der Waals surface area contributed by atoms with Crippen LogP contribution >= 0.6 is 15.9 Å². The fourth-order valence-electron chi connectivity index (χ4n) is 2.36. The third kappa shape index (κ3) is 2.11. The summed E-state index contributed by atoms with van der Waals surface area (Å²) in [5, 5.41) is 0. The molecule has 15 heavy (non-hydrogen) atoms. The quantitative estimate of drug-likeness (QED) is 0.752. The molecule has 0 heterocycles. The summed E-state index contributed by atoms with van der Waals surface area (Å²) in [6, 6.07) is 10.6. The average Bonchev–Trinajstić information content (AvgIpc) is 2.24. The zero-order valence-electron chi connectivity index (χ0n) is 9.08. The molecule has 2 heteroatoms. The van der Waals surface area contributed by atoms with Crippen LogP contribution in [0, 0.1) is 5.41 Å². The molecule has 1 unspecified atom stereocenters. The van der Waals surface area contributed by atoms with Gasteiger partial charge in [-0.2, -0.15) is 0 Å². The van der Waals surface area contributed by atoms with Crippen LogP contribution in [0.2, 0.25) is 0 Å². The first-order valence-electron chi connectivity index (χ1n) is 5.46. The predicted molar refractivity (Wildman–Crippen MR) is 66.3 cm³/mol. The van der Waals surface area contributed by atoms with Crippen LogP contribution in [-0.4, -0.2) is 13.7 Å². The van der Waals surface area contributed by atoms with Crippen LogP contribution in [0.1, 0.15) is 29.7 Å². The number of rotatable bonds is 4. The van der Waals surface area contributed by atoms with Crippen LogP contribution in [-0.2, 0) is 4.74 Å². The van der Waals surface area contributed by atoms with Gasteiger partial charge in [0.05, 0.1) is 6.61 Å². The zero-order valence-corrected chi connectivity index (χ0v) is 10.7. The SMILES string of the molecule is COCC1(C(Br)c2ccccc2)CCC1. The van der Waals surface area contributed by atoms with E-state index >= 15 is 0 Å². The molecule has 0 aromatic heterocycles. The van der Waals surface area contributed by atoms with Gasteiger partial charge in [0.15, 0.2) is 0 Å². The van der Waals surface area contributed by atoms with Crippen molar-refractivity contribution in [3.05, 3.63) is 35.9 Å². The summed E-state index contributed by atoms with van der Waals surface area (Å²) >= 11 is 3.84. The van der Waals surface area contributed by atoms with Crippen LogP contribution < -0.4 is 0 Å². The molecule has 0 N–H and O–H groups in total. The Morgan fingerprint density at radius 1 is 1.33 bits per heavy atom. The number of methoxy groups -OCH3 is 1. The monoisotopic (exact) mass is 268 g/mol. The number of alkyl halides is 1. The lowest BCUT2D eigenvalue weighted by molar-refractivity contribution is 0.0168. The van der Waals surface area contributed by atoms with E-state index in [0.717, 1.165) is 6.61 Å². The summed E-state index contributed by atoms with van der Waals surface area (Å²) in [6.45, 7) is 0.859. The normalized spacial score (nSPS) is 20.7. The van der Waals surface area contributed by atoms with E-state index in [-0.39, 0.29) is 0 Å². The lowest BCUT2D eigenvalue weighted by Crippen LogP contribution is -2.37. The van der Waals surface area contributed by atoms with Gasteiger partial charge in [0.2, 0.25) is 0 Å². The lowest BCUT2D eigenvalue weighted by atomic mass is 9.66. The molecule has 0 saturated heterocycles. The van der Waals surface area contributed by atoms with Gasteiger partial charge >= 0.3 is 0 Å². The van der Waals surface area contributed by atoms with E-state index in [1.807, 2.05) is 0 Å². The Bertz CT molecular complexity index is 306. The Labute approximate surface area is 100.0 Å². The first-order chi connectivity index (χ1) is 7.28. The van der Waals surface area contributed by atoms with Gasteiger partial charge in [0.25, 0.3) is 0 Å². The molecule has 1 nitrogen and oxygen atoms in total. The molecule has 1 aliphatic carbocycles. The smallest absolute Gasteiger partial charge is 0.0532 e. The predicted octanol–water partition coefficient (Wildman–Crippen LogP) is 3.94. The Morgan fingerprint density at radius 2 is 2.00 bits per heavy atom. The standard InChI is InChI=1S/C13H17BrO/c1-15-10-13(8-5-9-13)12(14)11-6-3-2-4-7-11/h2-4,6-7,12H,5,8-10H2,1H3. The van der Waals surface area contributed by atoms with Crippen molar-refractivity contribution in [1.82, 2.24) is 0 Å². The molecule has 1 saturated carbocycles. The number of ether oxygens (including phenoxy) is 1. The molecule has 1 aromatic carbocycles. The van der Waals surface area contributed by atoms with E-state index in [9.17, 15) is 0 Å². The van der Waals surface area contributed by atoms with Crippen molar-refractivity contribution in [2.75, 3.05) is 13.7 Å². The van der Waals surface area contributed by atoms with Crippen molar-refractivity contribution in [1.29, 1.82) is 0 Å². The van der Waals surface area contributed by atoms with Crippen molar-refractivity contribution in [2.24, 2.45) is 5.41 Å². The van der Waals surface area contributed by atoms with Crippen molar-refractivity contribution in [2.45, 2.75) is 24.1 Å². The highest BCUT2D eigenvalue weighted by molar-refractivity contribution is 9.09. The van der Waals surface area contributed by atoms with E-state index < -0.39 is 0 Å². The fourth-order valence-corrected chi connectivity index (χ4v) is 3.26. The van der Waals surface area contributed by atoms with Gasteiger partial charge in [-0.3, -0.25) is 0 Å². The molecule has 1 aromatic rings. The number of benzene rings is 1. The van der Waals surface area contributed by atoms with E-state index in [1.165, 1.54) is 24.8 Å². The maximum atomic E-state index is 5.36.